The van der Waals surface area contributed by atoms with Crippen LogP contribution in [-0.4, -0.2) is 23.0 Å². The number of aliphatic carboxylic acids is 1. The van der Waals surface area contributed by atoms with Crippen molar-refractivity contribution in [2.45, 2.75) is 38.1 Å². The van der Waals surface area contributed by atoms with Crippen molar-refractivity contribution in [3.05, 3.63) is 22.4 Å². The third-order valence-corrected chi connectivity index (χ3v) is 4.58. The van der Waals surface area contributed by atoms with E-state index in [0.29, 0.717) is 6.42 Å². The molecule has 1 aliphatic rings. The van der Waals surface area contributed by atoms with E-state index in [-0.39, 0.29) is 17.9 Å². The van der Waals surface area contributed by atoms with Crippen LogP contribution in [-0.2, 0) is 9.59 Å². The molecule has 1 aromatic heterocycles. The van der Waals surface area contributed by atoms with Gasteiger partial charge in [-0.1, -0.05) is 12.5 Å². The SMILES string of the molecule is C[C@H](C(=O)N[C@@H]1CCC[C@@H]1C(=O)O)c1cccs1. The van der Waals surface area contributed by atoms with Gasteiger partial charge in [-0.3, -0.25) is 9.59 Å². The number of carboxylic acid groups (broad SMARTS) is 1. The Bertz CT molecular complexity index is 429. The molecule has 1 amide bonds. The second kappa shape index (κ2) is 5.52. The fourth-order valence-electron chi connectivity index (χ4n) is 2.40. The smallest absolute Gasteiger partial charge is 0.308 e. The molecule has 0 aromatic carbocycles. The quantitative estimate of drug-likeness (QED) is 0.879. The molecule has 1 aromatic rings. The zero-order valence-corrected chi connectivity index (χ0v) is 11.1. The summed E-state index contributed by atoms with van der Waals surface area (Å²) < 4.78 is 0. The van der Waals surface area contributed by atoms with E-state index in [9.17, 15) is 9.59 Å². The minimum absolute atomic E-state index is 0.0735. The molecular formula is C13H17NO3S. The van der Waals surface area contributed by atoms with Crippen LogP contribution in [0.15, 0.2) is 17.5 Å². The highest BCUT2D eigenvalue weighted by Crippen LogP contribution is 2.27. The molecule has 1 heterocycles. The number of amides is 1. The maximum absolute atomic E-state index is 12.1. The molecule has 0 unspecified atom stereocenters. The van der Waals surface area contributed by atoms with Crippen LogP contribution in [0.5, 0.6) is 0 Å². The molecule has 0 bridgehead atoms. The van der Waals surface area contributed by atoms with Gasteiger partial charge in [0.1, 0.15) is 0 Å². The molecule has 0 saturated heterocycles. The molecule has 0 radical (unpaired) electrons. The molecule has 1 fully saturated rings. The molecule has 0 spiro atoms. The van der Waals surface area contributed by atoms with Crippen molar-refractivity contribution in [1.82, 2.24) is 5.32 Å². The van der Waals surface area contributed by atoms with Crippen molar-refractivity contribution in [3.8, 4) is 0 Å². The summed E-state index contributed by atoms with van der Waals surface area (Å²) in [6, 6.07) is 3.63. The summed E-state index contributed by atoms with van der Waals surface area (Å²) in [4.78, 5) is 24.1. The highest BCUT2D eigenvalue weighted by atomic mass is 32.1. The average molecular weight is 267 g/mol. The lowest BCUT2D eigenvalue weighted by Gasteiger charge is -2.19. The molecule has 1 saturated carbocycles. The number of nitrogens with one attached hydrogen (secondary N) is 1. The number of thiophene rings is 1. The number of hydrogen-bond acceptors (Lipinski definition) is 3. The first-order valence-electron chi connectivity index (χ1n) is 6.16. The van der Waals surface area contributed by atoms with E-state index in [1.54, 1.807) is 11.3 Å². The van der Waals surface area contributed by atoms with E-state index >= 15 is 0 Å². The summed E-state index contributed by atoms with van der Waals surface area (Å²) in [6.07, 6.45) is 2.29. The largest absolute Gasteiger partial charge is 0.481 e. The van der Waals surface area contributed by atoms with Gasteiger partial charge in [0.15, 0.2) is 0 Å². The number of carbonyl (C=O) groups is 2. The van der Waals surface area contributed by atoms with Gasteiger partial charge in [0.05, 0.1) is 11.8 Å². The van der Waals surface area contributed by atoms with Crippen molar-refractivity contribution in [1.29, 1.82) is 0 Å². The third kappa shape index (κ3) is 2.72. The summed E-state index contributed by atoms with van der Waals surface area (Å²) in [5.74, 6) is -1.51. The predicted octanol–water partition coefficient (Wildman–Crippen LogP) is 2.22. The lowest BCUT2D eigenvalue weighted by atomic mass is 10.0. The van der Waals surface area contributed by atoms with Crippen molar-refractivity contribution in [2.75, 3.05) is 0 Å². The van der Waals surface area contributed by atoms with E-state index in [4.69, 9.17) is 5.11 Å². The van der Waals surface area contributed by atoms with Crippen LogP contribution in [0.25, 0.3) is 0 Å². The zero-order chi connectivity index (χ0) is 13.1. The molecule has 98 valence electrons. The summed E-state index contributed by atoms with van der Waals surface area (Å²) in [5.41, 5.74) is 0. The number of carbonyl (C=O) groups excluding carboxylic acids is 1. The van der Waals surface area contributed by atoms with Crippen LogP contribution in [0.1, 0.15) is 37.0 Å². The van der Waals surface area contributed by atoms with Crippen LogP contribution in [0.2, 0.25) is 0 Å². The molecule has 2 N–H and O–H groups in total. The Balaban J connectivity index is 1.97. The highest BCUT2D eigenvalue weighted by molar-refractivity contribution is 7.10. The Hall–Kier alpha value is -1.36. The zero-order valence-electron chi connectivity index (χ0n) is 10.3. The Morgan fingerprint density at radius 1 is 1.50 bits per heavy atom. The Morgan fingerprint density at radius 2 is 2.28 bits per heavy atom. The Morgan fingerprint density at radius 3 is 2.89 bits per heavy atom. The van der Waals surface area contributed by atoms with Crippen LogP contribution < -0.4 is 5.32 Å². The van der Waals surface area contributed by atoms with Gasteiger partial charge in [-0.2, -0.15) is 0 Å². The fraction of sp³-hybridized carbons (Fsp3) is 0.538. The topological polar surface area (TPSA) is 66.4 Å². The number of hydrogen-bond donors (Lipinski definition) is 2. The number of carboxylic acids is 1. The van der Waals surface area contributed by atoms with Crippen LogP contribution in [0.4, 0.5) is 0 Å². The van der Waals surface area contributed by atoms with Crippen molar-refractivity contribution in [3.63, 3.8) is 0 Å². The molecular weight excluding hydrogens is 250 g/mol. The summed E-state index contributed by atoms with van der Waals surface area (Å²) in [5, 5.41) is 13.9. The van der Waals surface area contributed by atoms with Gasteiger partial charge in [0, 0.05) is 10.9 Å². The molecule has 5 heteroatoms. The molecule has 0 aliphatic heterocycles. The van der Waals surface area contributed by atoms with Gasteiger partial charge in [0.25, 0.3) is 0 Å². The summed E-state index contributed by atoms with van der Waals surface area (Å²) in [6.45, 7) is 1.85. The highest BCUT2D eigenvalue weighted by Gasteiger charge is 2.34. The van der Waals surface area contributed by atoms with Gasteiger partial charge in [-0.25, -0.2) is 0 Å². The number of rotatable bonds is 4. The first-order chi connectivity index (χ1) is 8.59. The first kappa shape index (κ1) is 13.1. The van der Waals surface area contributed by atoms with Crippen LogP contribution >= 0.6 is 11.3 Å². The molecule has 3 atom stereocenters. The Kier molecular flexibility index (Phi) is 4.01. The average Bonchev–Trinajstić information content (AvgIpc) is 2.98. The molecule has 2 rings (SSSR count). The standard InChI is InChI=1S/C13H17NO3S/c1-8(11-6-3-7-18-11)12(15)14-10-5-2-4-9(10)13(16)17/h3,6-10H,2,4-5H2,1H3,(H,14,15)(H,16,17)/t8-,9-,10+/m0/s1. The van der Waals surface area contributed by atoms with Crippen molar-refractivity contribution >= 4 is 23.2 Å². The predicted molar refractivity (Wildman–Crippen MR) is 69.6 cm³/mol. The second-order valence-corrected chi connectivity index (χ2v) is 5.71. The van der Waals surface area contributed by atoms with Gasteiger partial charge < -0.3 is 10.4 Å². The van der Waals surface area contributed by atoms with E-state index in [1.165, 1.54) is 0 Å². The van der Waals surface area contributed by atoms with E-state index in [1.807, 2.05) is 24.4 Å². The lowest BCUT2D eigenvalue weighted by molar-refractivity contribution is -0.142. The second-order valence-electron chi connectivity index (χ2n) is 4.73. The van der Waals surface area contributed by atoms with Crippen molar-refractivity contribution in [2.24, 2.45) is 5.92 Å². The van der Waals surface area contributed by atoms with Crippen LogP contribution in [0, 0.1) is 5.92 Å². The van der Waals surface area contributed by atoms with E-state index in [0.717, 1.165) is 17.7 Å². The van der Waals surface area contributed by atoms with Crippen molar-refractivity contribution < 1.29 is 14.7 Å². The maximum Gasteiger partial charge on any atom is 0.308 e. The molecule has 18 heavy (non-hydrogen) atoms. The Labute approximate surface area is 110 Å². The summed E-state index contributed by atoms with van der Waals surface area (Å²) >= 11 is 1.55. The minimum atomic E-state index is -0.804. The molecule has 4 nitrogen and oxygen atoms in total. The lowest BCUT2D eigenvalue weighted by Crippen LogP contribution is -2.41. The fourth-order valence-corrected chi connectivity index (χ4v) is 3.19. The van der Waals surface area contributed by atoms with Gasteiger partial charge in [-0.15, -0.1) is 11.3 Å². The third-order valence-electron chi connectivity index (χ3n) is 3.52. The minimum Gasteiger partial charge on any atom is -0.481 e. The van der Waals surface area contributed by atoms with E-state index in [2.05, 4.69) is 5.32 Å². The van der Waals surface area contributed by atoms with Gasteiger partial charge in [0.2, 0.25) is 5.91 Å². The van der Waals surface area contributed by atoms with Gasteiger partial charge >= 0.3 is 5.97 Å². The van der Waals surface area contributed by atoms with Gasteiger partial charge in [-0.05, 0) is 31.2 Å². The monoisotopic (exact) mass is 267 g/mol. The maximum atomic E-state index is 12.1. The molecule has 1 aliphatic carbocycles. The normalized spacial score (nSPS) is 24.7. The van der Waals surface area contributed by atoms with Crippen LogP contribution in [0.3, 0.4) is 0 Å². The first-order valence-corrected chi connectivity index (χ1v) is 7.04. The van der Waals surface area contributed by atoms with E-state index < -0.39 is 11.9 Å². The summed E-state index contributed by atoms with van der Waals surface area (Å²) in [7, 11) is 0.